The van der Waals surface area contributed by atoms with Gasteiger partial charge in [0.2, 0.25) is 11.8 Å². The summed E-state index contributed by atoms with van der Waals surface area (Å²) in [5.41, 5.74) is 5.79. The zero-order valence-corrected chi connectivity index (χ0v) is 9.87. The molecule has 1 aliphatic heterocycles. The number of amides is 2. The lowest BCUT2D eigenvalue weighted by Gasteiger charge is -2.30. The fourth-order valence-electron chi connectivity index (χ4n) is 1.84. The number of rotatable bonds is 4. The molecule has 1 saturated heterocycles. The average molecular weight is 227 g/mol. The summed E-state index contributed by atoms with van der Waals surface area (Å²) in [6.45, 7) is 3.41. The summed E-state index contributed by atoms with van der Waals surface area (Å²) in [4.78, 5) is 24.6. The van der Waals surface area contributed by atoms with Crippen molar-refractivity contribution in [3.05, 3.63) is 0 Å². The van der Waals surface area contributed by atoms with E-state index in [0.717, 1.165) is 25.8 Å². The van der Waals surface area contributed by atoms with Gasteiger partial charge in [0.25, 0.3) is 0 Å². The summed E-state index contributed by atoms with van der Waals surface area (Å²) in [5.74, 6) is -0.0863. The standard InChI is InChI=1S/C11H21N3O2/c1-2-4-10(15)13-7-11(16)14-6-3-5-9(12)8-14/h9H,2-8,12H2,1H3,(H,13,15). The van der Waals surface area contributed by atoms with E-state index in [4.69, 9.17) is 5.73 Å². The topological polar surface area (TPSA) is 75.4 Å². The first-order valence-corrected chi connectivity index (χ1v) is 5.93. The van der Waals surface area contributed by atoms with Gasteiger partial charge in [0.15, 0.2) is 0 Å². The van der Waals surface area contributed by atoms with Gasteiger partial charge in [0.1, 0.15) is 0 Å². The minimum Gasteiger partial charge on any atom is -0.347 e. The van der Waals surface area contributed by atoms with Crippen LogP contribution in [-0.4, -0.2) is 42.4 Å². The molecule has 1 fully saturated rings. The van der Waals surface area contributed by atoms with Gasteiger partial charge in [0, 0.05) is 25.6 Å². The Hall–Kier alpha value is -1.10. The van der Waals surface area contributed by atoms with E-state index in [1.54, 1.807) is 4.90 Å². The molecule has 0 saturated carbocycles. The lowest BCUT2D eigenvalue weighted by Crippen LogP contribution is -2.48. The van der Waals surface area contributed by atoms with Crippen molar-refractivity contribution in [1.29, 1.82) is 0 Å². The van der Waals surface area contributed by atoms with Crippen molar-refractivity contribution >= 4 is 11.8 Å². The summed E-state index contributed by atoms with van der Waals surface area (Å²) in [6, 6.07) is 0.0871. The minimum atomic E-state index is -0.0582. The molecule has 1 unspecified atom stereocenters. The van der Waals surface area contributed by atoms with Crippen molar-refractivity contribution in [1.82, 2.24) is 10.2 Å². The van der Waals surface area contributed by atoms with Crippen molar-refractivity contribution < 1.29 is 9.59 Å². The number of carbonyl (C=O) groups excluding carboxylic acids is 2. The van der Waals surface area contributed by atoms with Crippen LogP contribution in [0.4, 0.5) is 0 Å². The van der Waals surface area contributed by atoms with E-state index in [1.165, 1.54) is 0 Å². The Kier molecular flexibility index (Phi) is 5.25. The van der Waals surface area contributed by atoms with Crippen molar-refractivity contribution in [3.8, 4) is 0 Å². The molecule has 92 valence electrons. The van der Waals surface area contributed by atoms with Crippen LogP contribution >= 0.6 is 0 Å². The lowest BCUT2D eigenvalue weighted by atomic mass is 10.1. The molecule has 3 N–H and O–H groups in total. The molecule has 5 heteroatoms. The van der Waals surface area contributed by atoms with Gasteiger partial charge < -0.3 is 16.0 Å². The molecular formula is C11H21N3O2. The Morgan fingerprint density at radius 2 is 2.25 bits per heavy atom. The molecule has 0 aromatic carbocycles. The number of likely N-dealkylation sites (tertiary alicyclic amines) is 1. The molecule has 0 bridgehead atoms. The van der Waals surface area contributed by atoms with Gasteiger partial charge in [0.05, 0.1) is 6.54 Å². The maximum Gasteiger partial charge on any atom is 0.242 e. The van der Waals surface area contributed by atoms with E-state index in [9.17, 15) is 9.59 Å². The highest BCUT2D eigenvalue weighted by molar-refractivity contribution is 5.84. The van der Waals surface area contributed by atoms with E-state index in [2.05, 4.69) is 5.32 Å². The highest BCUT2D eigenvalue weighted by Crippen LogP contribution is 2.07. The van der Waals surface area contributed by atoms with Gasteiger partial charge in [-0.1, -0.05) is 6.92 Å². The quantitative estimate of drug-likeness (QED) is 0.701. The maximum absolute atomic E-state index is 11.7. The number of carbonyl (C=O) groups is 2. The Bertz CT molecular complexity index is 256. The Balaban J connectivity index is 2.26. The smallest absolute Gasteiger partial charge is 0.242 e. The Labute approximate surface area is 96.4 Å². The Morgan fingerprint density at radius 3 is 2.88 bits per heavy atom. The summed E-state index contributed by atoms with van der Waals surface area (Å²) in [7, 11) is 0. The van der Waals surface area contributed by atoms with Crippen LogP contribution in [-0.2, 0) is 9.59 Å². The van der Waals surface area contributed by atoms with Gasteiger partial charge in [-0.15, -0.1) is 0 Å². The molecule has 0 spiro atoms. The molecule has 0 aromatic rings. The van der Waals surface area contributed by atoms with Crippen LogP contribution in [0, 0.1) is 0 Å². The molecule has 0 aliphatic carbocycles. The van der Waals surface area contributed by atoms with Crippen LogP contribution in [0.5, 0.6) is 0 Å². The Morgan fingerprint density at radius 1 is 1.50 bits per heavy atom. The number of nitrogens with one attached hydrogen (secondary N) is 1. The highest BCUT2D eigenvalue weighted by atomic mass is 16.2. The number of hydrogen-bond acceptors (Lipinski definition) is 3. The second-order valence-electron chi connectivity index (χ2n) is 4.27. The zero-order valence-electron chi connectivity index (χ0n) is 9.87. The van der Waals surface area contributed by atoms with Crippen LogP contribution < -0.4 is 11.1 Å². The van der Waals surface area contributed by atoms with E-state index >= 15 is 0 Å². The molecule has 1 heterocycles. The van der Waals surface area contributed by atoms with Crippen LogP contribution in [0.3, 0.4) is 0 Å². The van der Waals surface area contributed by atoms with E-state index in [1.807, 2.05) is 6.92 Å². The lowest BCUT2D eigenvalue weighted by molar-refractivity contribution is -0.133. The van der Waals surface area contributed by atoms with Crippen molar-refractivity contribution in [2.45, 2.75) is 38.6 Å². The molecule has 1 atom stereocenters. The van der Waals surface area contributed by atoms with E-state index < -0.39 is 0 Å². The first-order valence-electron chi connectivity index (χ1n) is 5.93. The molecule has 1 aliphatic rings. The molecule has 16 heavy (non-hydrogen) atoms. The van der Waals surface area contributed by atoms with Gasteiger partial charge in [-0.3, -0.25) is 9.59 Å². The first kappa shape index (κ1) is 13.0. The molecule has 0 aromatic heterocycles. The van der Waals surface area contributed by atoms with Gasteiger partial charge >= 0.3 is 0 Å². The van der Waals surface area contributed by atoms with Crippen LogP contribution in [0.25, 0.3) is 0 Å². The second-order valence-corrected chi connectivity index (χ2v) is 4.27. The van der Waals surface area contributed by atoms with Crippen molar-refractivity contribution in [2.75, 3.05) is 19.6 Å². The van der Waals surface area contributed by atoms with Crippen LogP contribution in [0.15, 0.2) is 0 Å². The SMILES string of the molecule is CCCC(=O)NCC(=O)N1CCCC(N)C1. The third kappa shape index (κ3) is 4.18. The van der Waals surface area contributed by atoms with Crippen molar-refractivity contribution in [3.63, 3.8) is 0 Å². The predicted octanol–water partition coefficient (Wildman–Crippen LogP) is -0.148. The molecule has 2 amide bonds. The first-order chi connectivity index (χ1) is 7.63. The van der Waals surface area contributed by atoms with Crippen LogP contribution in [0.2, 0.25) is 0 Å². The summed E-state index contributed by atoms with van der Waals surface area (Å²) < 4.78 is 0. The molecule has 5 nitrogen and oxygen atoms in total. The van der Waals surface area contributed by atoms with E-state index in [-0.39, 0.29) is 24.4 Å². The normalized spacial score (nSPS) is 20.6. The van der Waals surface area contributed by atoms with E-state index in [0.29, 0.717) is 13.0 Å². The summed E-state index contributed by atoms with van der Waals surface area (Å²) in [6.07, 6.45) is 3.21. The monoisotopic (exact) mass is 227 g/mol. The number of piperidine rings is 1. The number of nitrogens with two attached hydrogens (primary N) is 1. The molecule has 1 rings (SSSR count). The third-order valence-corrected chi connectivity index (χ3v) is 2.72. The average Bonchev–Trinajstić information content (AvgIpc) is 2.26. The van der Waals surface area contributed by atoms with Crippen LogP contribution in [0.1, 0.15) is 32.6 Å². The fraction of sp³-hybridized carbons (Fsp3) is 0.818. The maximum atomic E-state index is 11.7. The van der Waals surface area contributed by atoms with Gasteiger partial charge in [-0.05, 0) is 19.3 Å². The van der Waals surface area contributed by atoms with Crippen molar-refractivity contribution in [2.24, 2.45) is 5.73 Å². The minimum absolute atomic E-state index is 0.0281. The third-order valence-electron chi connectivity index (χ3n) is 2.72. The van der Waals surface area contributed by atoms with Gasteiger partial charge in [-0.25, -0.2) is 0 Å². The molecular weight excluding hydrogens is 206 g/mol. The summed E-state index contributed by atoms with van der Waals surface area (Å²) in [5, 5.41) is 2.62. The predicted molar refractivity (Wildman–Crippen MR) is 61.7 cm³/mol. The largest absolute Gasteiger partial charge is 0.347 e. The van der Waals surface area contributed by atoms with Gasteiger partial charge in [-0.2, -0.15) is 0 Å². The second kappa shape index (κ2) is 6.48. The summed E-state index contributed by atoms with van der Waals surface area (Å²) >= 11 is 0. The number of nitrogens with zero attached hydrogens (tertiary/aromatic N) is 1. The number of hydrogen-bond donors (Lipinski definition) is 2. The fourth-order valence-corrected chi connectivity index (χ4v) is 1.84. The zero-order chi connectivity index (χ0) is 12.0. The molecule has 0 radical (unpaired) electrons. The highest BCUT2D eigenvalue weighted by Gasteiger charge is 2.20.